The van der Waals surface area contributed by atoms with Crippen molar-refractivity contribution in [2.75, 3.05) is 13.1 Å². The zero-order chi connectivity index (χ0) is 18.1. The van der Waals surface area contributed by atoms with Gasteiger partial charge >= 0.3 is 0 Å². The summed E-state index contributed by atoms with van der Waals surface area (Å²) in [4.78, 5) is 5.05. The van der Waals surface area contributed by atoms with Gasteiger partial charge in [-0.15, -0.1) is 0 Å². The van der Waals surface area contributed by atoms with Crippen LogP contribution in [0.3, 0.4) is 0 Å². The molecule has 140 valence electrons. The second-order valence-electron chi connectivity index (χ2n) is 7.66. The lowest BCUT2D eigenvalue weighted by Gasteiger charge is -2.33. The molecule has 26 heavy (non-hydrogen) atoms. The van der Waals surface area contributed by atoms with Gasteiger partial charge in [-0.25, -0.2) is 13.4 Å². The fourth-order valence-electron chi connectivity index (χ4n) is 4.04. The van der Waals surface area contributed by atoms with Crippen molar-refractivity contribution in [3.05, 3.63) is 48.0 Å². The van der Waals surface area contributed by atoms with E-state index in [9.17, 15) is 8.42 Å². The summed E-state index contributed by atoms with van der Waals surface area (Å²) in [5.41, 5.74) is 1.23. The Bertz CT molecular complexity index is 848. The van der Waals surface area contributed by atoms with E-state index in [1.54, 1.807) is 28.6 Å². The molecule has 1 aromatic carbocycles. The van der Waals surface area contributed by atoms with E-state index in [-0.39, 0.29) is 0 Å². The second-order valence-corrected chi connectivity index (χ2v) is 9.59. The summed E-state index contributed by atoms with van der Waals surface area (Å²) in [6, 6.07) is 8.77. The number of piperidine rings is 1. The van der Waals surface area contributed by atoms with E-state index in [1.807, 2.05) is 12.3 Å². The van der Waals surface area contributed by atoms with Crippen molar-refractivity contribution in [2.45, 2.75) is 56.4 Å². The van der Waals surface area contributed by atoms with Gasteiger partial charge in [0.15, 0.2) is 0 Å². The number of rotatable bonds is 5. The fourth-order valence-corrected chi connectivity index (χ4v) is 5.53. The number of aromatic nitrogens is 2. The molecule has 6 heteroatoms. The molecule has 0 bridgehead atoms. The monoisotopic (exact) mass is 373 g/mol. The lowest BCUT2D eigenvalue weighted by molar-refractivity contribution is 0.247. The van der Waals surface area contributed by atoms with Crippen molar-refractivity contribution in [1.29, 1.82) is 0 Å². The smallest absolute Gasteiger partial charge is 0.243 e. The van der Waals surface area contributed by atoms with Crippen LogP contribution in [0.5, 0.6) is 0 Å². The van der Waals surface area contributed by atoms with Crippen LogP contribution in [-0.2, 0) is 16.6 Å². The highest BCUT2D eigenvalue weighted by Crippen LogP contribution is 2.36. The molecule has 2 fully saturated rings. The summed E-state index contributed by atoms with van der Waals surface area (Å²) < 4.78 is 29.6. The maximum Gasteiger partial charge on any atom is 0.243 e. The highest BCUT2D eigenvalue weighted by molar-refractivity contribution is 7.89. The Morgan fingerprint density at radius 1 is 1.08 bits per heavy atom. The minimum atomic E-state index is -3.36. The molecule has 0 atom stereocenters. The number of hydrogen-bond donors (Lipinski definition) is 0. The third-order valence-corrected chi connectivity index (χ3v) is 7.86. The number of imidazole rings is 1. The molecule has 1 saturated carbocycles. The zero-order valence-corrected chi connectivity index (χ0v) is 16.2. The van der Waals surface area contributed by atoms with Crippen LogP contribution in [0.25, 0.3) is 0 Å². The van der Waals surface area contributed by atoms with Crippen LogP contribution in [0.4, 0.5) is 0 Å². The van der Waals surface area contributed by atoms with Gasteiger partial charge in [0.2, 0.25) is 10.0 Å². The van der Waals surface area contributed by atoms with E-state index < -0.39 is 10.0 Å². The summed E-state index contributed by atoms with van der Waals surface area (Å²) in [5.74, 6) is 2.39. The second kappa shape index (κ2) is 7.16. The minimum Gasteiger partial charge on any atom is -0.332 e. The standard InChI is InChI=1S/C20H27N3O2S/c1-16-14-21-20(18-6-5-7-18)23(16)15-17-10-12-22(13-11-17)26(24,25)19-8-3-2-4-9-19/h2-4,8-9,14,17-18H,5-7,10-13,15H2,1H3. The first-order valence-electron chi connectivity index (χ1n) is 9.63. The molecule has 1 aliphatic carbocycles. The Morgan fingerprint density at radius 3 is 2.38 bits per heavy atom. The van der Waals surface area contributed by atoms with Crippen LogP contribution < -0.4 is 0 Å². The quantitative estimate of drug-likeness (QED) is 0.805. The summed E-state index contributed by atoms with van der Waals surface area (Å²) in [5, 5.41) is 0. The molecule has 0 radical (unpaired) electrons. The number of sulfonamides is 1. The molecule has 5 nitrogen and oxygen atoms in total. The molecule has 0 spiro atoms. The molecule has 0 amide bonds. The molecule has 2 aromatic rings. The lowest BCUT2D eigenvalue weighted by Crippen LogP contribution is -2.39. The van der Waals surface area contributed by atoms with Crippen LogP contribution >= 0.6 is 0 Å². The third-order valence-electron chi connectivity index (χ3n) is 5.95. The first kappa shape index (κ1) is 17.7. The Morgan fingerprint density at radius 2 is 1.77 bits per heavy atom. The van der Waals surface area contributed by atoms with E-state index in [4.69, 9.17) is 0 Å². The molecule has 1 saturated heterocycles. The topological polar surface area (TPSA) is 55.2 Å². The SMILES string of the molecule is Cc1cnc(C2CCC2)n1CC1CCN(S(=O)(=O)c2ccccc2)CC1. The highest BCUT2D eigenvalue weighted by atomic mass is 32.2. The van der Waals surface area contributed by atoms with Crippen molar-refractivity contribution in [1.82, 2.24) is 13.9 Å². The maximum absolute atomic E-state index is 12.8. The molecular formula is C20H27N3O2S. The van der Waals surface area contributed by atoms with Crippen LogP contribution in [0, 0.1) is 12.8 Å². The Labute approximate surface area is 156 Å². The molecule has 2 aliphatic rings. The molecular weight excluding hydrogens is 346 g/mol. The third kappa shape index (κ3) is 3.32. The zero-order valence-electron chi connectivity index (χ0n) is 15.3. The van der Waals surface area contributed by atoms with Crippen molar-refractivity contribution in [3.8, 4) is 0 Å². The van der Waals surface area contributed by atoms with Crippen molar-refractivity contribution >= 4 is 10.0 Å². The molecule has 1 aliphatic heterocycles. The predicted octanol–water partition coefficient (Wildman–Crippen LogP) is 3.56. The summed E-state index contributed by atoms with van der Waals surface area (Å²) >= 11 is 0. The van der Waals surface area contributed by atoms with Gasteiger partial charge in [0.1, 0.15) is 5.82 Å². The Hall–Kier alpha value is -1.66. The van der Waals surface area contributed by atoms with Crippen LogP contribution in [0.2, 0.25) is 0 Å². The predicted molar refractivity (Wildman–Crippen MR) is 101 cm³/mol. The van der Waals surface area contributed by atoms with Gasteiger partial charge in [0.25, 0.3) is 0 Å². The van der Waals surface area contributed by atoms with E-state index in [1.165, 1.54) is 30.8 Å². The van der Waals surface area contributed by atoms with Gasteiger partial charge in [-0.05, 0) is 50.7 Å². The van der Waals surface area contributed by atoms with Gasteiger partial charge in [-0.3, -0.25) is 0 Å². The first-order valence-corrected chi connectivity index (χ1v) is 11.1. The highest BCUT2D eigenvalue weighted by Gasteiger charge is 2.31. The average Bonchev–Trinajstić information content (AvgIpc) is 2.95. The molecule has 0 N–H and O–H groups in total. The van der Waals surface area contributed by atoms with Crippen molar-refractivity contribution < 1.29 is 8.42 Å². The molecule has 2 heterocycles. The van der Waals surface area contributed by atoms with E-state index in [2.05, 4.69) is 16.5 Å². The first-order chi connectivity index (χ1) is 12.6. The summed E-state index contributed by atoms with van der Waals surface area (Å²) in [6.45, 7) is 4.31. The number of nitrogens with zero attached hydrogens (tertiary/aromatic N) is 3. The number of benzene rings is 1. The lowest BCUT2D eigenvalue weighted by atomic mass is 9.84. The van der Waals surface area contributed by atoms with Crippen LogP contribution in [0.1, 0.15) is 49.5 Å². The summed E-state index contributed by atoms with van der Waals surface area (Å²) in [7, 11) is -3.36. The van der Waals surface area contributed by atoms with E-state index in [0.717, 1.165) is 19.4 Å². The van der Waals surface area contributed by atoms with Gasteiger partial charge in [-0.2, -0.15) is 4.31 Å². The largest absolute Gasteiger partial charge is 0.332 e. The molecule has 4 rings (SSSR count). The molecule has 1 aromatic heterocycles. The van der Waals surface area contributed by atoms with Gasteiger partial charge in [0.05, 0.1) is 4.90 Å². The van der Waals surface area contributed by atoms with E-state index in [0.29, 0.717) is 29.8 Å². The number of hydrogen-bond acceptors (Lipinski definition) is 3. The van der Waals surface area contributed by atoms with E-state index >= 15 is 0 Å². The summed E-state index contributed by atoms with van der Waals surface area (Å²) in [6.07, 6.45) is 7.63. The van der Waals surface area contributed by atoms with Gasteiger partial charge < -0.3 is 4.57 Å². The average molecular weight is 374 g/mol. The maximum atomic E-state index is 12.8. The van der Waals surface area contributed by atoms with Crippen molar-refractivity contribution in [3.63, 3.8) is 0 Å². The normalized spacial score (nSPS) is 20.2. The fraction of sp³-hybridized carbons (Fsp3) is 0.550. The Balaban J connectivity index is 1.41. The minimum absolute atomic E-state index is 0.399. The van der Waals surface area contributed by atoms with Gasteiger partial charge in [-0.1, -0.05) is 24.6 Å². The van der Waals surface area contributed by atoms with Crippen LogP contribution in [-0.4, -0.2) is 35.4 Å². The van der Waals surface area contributed by atoms with Crippen LogP contribution in [0.15, 0.2) is 41.4 Å². The Kier molecular flexibility index (Phi) is 4.88. The van der Waals surface area contributed by atoms with Crippen molar-refractivity contribution in [2.24, 2.45) is 5.92 Å². The van der Waals surface area contributed by atoms with Gasteiger partial charge in [0, 0.05) is 37.4 Å². The molecule has 0 unspecified atom stereocenters. The number of aryl methyl sites for hydroxylation is 1.